The molecule has 1 rings (SSSR count). The van der Waals surface area contributed by atoms with E-state index < -0.39 is 22.2 Å². The van der Waals surface area contributed by atoms with E-state index in [4.69, 9.17) is 0 Å². The van der Waals surface area contributed by atoms with Gasteiger partial charge < -0.3 is 8.60 Å². The molecule has 0 aromatic carbocycles. The van der Waals surface area contributed by atoms with Gasteiger partial charge in [-0.3, -0.25) is 4.79 Å². The first kappa shape index (κ1) is 12.7. The van der Waals surface area contributed by atoms with E-state index in [1.54, 1.807) is 0 Å². The molecule has 0 fully saturated rings. The molecule has 0 saturated carbocycles. The van der Waals surface area contributed by atoms with Gasteiger partial charge in [-0.25, -0.2) is 0 Å². The Kier molecular flexibility index (Phi) is 3.38. The summed E-state index contributed by atoms with van der Waals surface area (Å²) < 4.78 is 63.6. The molecule has 90 valence electrons. The van der Waals surface area contributed by atoms with Crippen molar-refractivity contribution in [2.45, 2.75) is 12.1 Å². The lowest BCUT2D eigenvalue weighted by molar-refractivity contribution is -0.0685. The molecule has 0 unspecified atom stereocenters. The molecule has 0 bridgehead atoms. The number of alkyl halides is 3. The van der Waals surface area contributed by atoms with Crippen LogP contribution in [0.25, 0.3) is 0 Å². The Balaban J connectivity index is 2.68. The maximum atomic E-state index is 11.8. The highest BCUT2D eigenvalue weighted by Crippen LogP contribution is 2.24. The zero-order valence-corrected chi connectivity index (χ0v) is 8.38. The first-order valence-electron chi connectivity index (χ1n) is 3.80. The summed E-state index contributed by atoms with van der Waals surface area (Å²) in [6, 6.07) is 2.36. The van der Waals surface area contributed by atoms with Crippen LogP contribution >= 0.6 is 0 Å². The normalized spacial score (nSPS) is 12.7. The van der Waals surface area contributed by atoms with E-state index >= 15 is 0 Å². The summed E-state index contributed by atoms with van der Waals surface area (Å²) >= 11 is 0. The molecule has 1 N–H and O–H groups in total. The minimum absolute atomic E-state index is 0.116. The predicted octanol–water partition coefficient (Wildman–Crippen LogP) is 0.970. The topological polar surface area (TPSA) is 77.1 Å². The van der Waals surface area contributed by atoms with Crippen LogP contribution in [0.15, 0.2) is 16.5 Å². The van der Waals surface area contributed by atoms with Crippen molar-refractivity contribution in [3.8, 4) is 0 Å². The number of aliphatic hydroxyl groups is 1. The molecule has 0 amide bonds. The second-order valence-electron chi connectivity index (χ2n) is 2.63. The van der Waals surface area contributed by atoms with Gasteiger partial charge in [0.05, 0.1) is 0 Å². The first-order chi connectivity index (χ1) is 7.26. The van der Waals surface area contributed by atoms with Crippen LogP contribution in [0.1, 0.15) is 16.3 Å². The largest absolute Gasteiger partial charge is 0.571 e. The van der Waals surface area contributed by atoms with Crippen LogP contribution in [-0.4, -0.2) is 24.4 Å². The number of hydrogen-bond donors (Lipinski definition) is 0. The second kappa shape index (κ2) is 4.26. The van der Waals surface area contributed by atoms with E-state index in [1.165, 1.54) is 12.1 Å². The first-order valence-corrected chi connectivity index (χ1v) is 5.24. The summed E-state index contributed by atoms with van der Waals surface area (Å²) in [6.07, 6.45) is 0.335. The van der Waals surface area contributed by atoms with Crippen molar-refractivity contribution in [1.29, 1.82) is 0 Å². The van der Waals surface area contributed by atoms with E-state index in [-0.39, 0.29) is 11.5 Å². The van der Waals surface area contributed by atoms with Crippen molar-refractivity contribution >= 4 is 16.4 Å². The van der Waals surface area contributed by atoms with E-state index in [0.29, 0.717) is 6.29 Å². The van der Waals surface area contributed by atoms with Crippen LogP contribution in [0.5, 0.6) is 0 Å². The monoisotopic (exact) mass is 259 g/mol. The van der Waals surface area contributed by atoms with Gasteiger partial charge in [-0.2, -0.15) is 13.2 Å². The van der Waals surface area contributed by atoms with Crippen molar-refractivity contribution < 1.29 is 35.0 Å². The van der Waals surface area contributed by atoms with E-state index in [0.717, 1.165) is 0 Å². The smallest absolute Gasteiger partial charge is 0.450 e. The summed E-state index contributed by atoms with van der Waals surface area (Å²) in [5.74, 6) is -0.260. The maximum Gasteiger partial charge on any atom is 0.571 e. The molecule has 0 atom stereocenters. The Morgan fingerprint density at radius 1 is 1.38 bits per heavy atom. The van der Waals surface area contributed by atoms with Gasteiger partial charge in [-0.1, -0.05) is 0 Å². The summed E-state index contributed by atoms with van der Waals surface area (Å²) in [4.78, 5) is 10.2. The van der Waals surface area contributed by atoms with Gasteiger partial charge in [0.15, 0.2) is 17.8 Å². The average molecular weight is 259 g/mol. The van der Waals surface area contributed by atoms with Crippen LogP contribution in [-0.2, 0) is 16.7 Å². The van der Waals surface area contributed by atoms with Crippen LogP contribution in [0.3, 0.4) is 0 Å². The second-order valence-corrected chi connectivity index (χ2v) is 4.30. The lowest BCUT2D eigenvalue weighted by Gasteiger charge is -2.02. The van der Waals surface area contributed by atoms with Crippen molar-refractivity contribution in [3.05, 3.63) is 23.7 Å². The van der Waals surface area contributed by atoms with Crippen molar-refractivity contribution in [3.63, 3.8) is 0 Å². The Morgan fingerprint density at radius 2 is 2.00 bits per heavy atom. The van der Waals surface area contributed by atoms with Crippen LogP contribution in [0, 0.1) is 0 Å². The molecule has 1 aromatic rings. The predicted molar refractivity (Wildman–Crippen MR) is 45.0 cm³/mol. The van der Waals surface area contributed by atoms with E-state index in [1.807, 2.05) is 0 Å². The zero-order valence-electron chi connectivity index (χ0n) is 7.56. The molecule has 0 aliphatic rings. The van der Waals surface area contributed by atoms with Gasteiger partial charge in [0, 0.05) is 0 Å². The van der Waals surface area contributed by atoms with Crippen molar-refractivity contribution in [1.82, 2.24) is 0 Å². The third-order valence-electron chi connectivity index (χ3n) is 1.48. The fourth-order valence-corrected chi connectivity index (χ4v) is 1.21. The van der Waals surface area contributed by atoms with Crippen LogP contribution in [0.2, 0.25) is 0 Å². The molecule has 0 aliphatic heterocycles. The fourth-order valence-electron chi connectivity index (χ4n) is 0.765. The third-order valence-corrected chi connectivity index (χ3v) is 2.54. The van der Waals surface area contributed by atoms with Gasteiger partial charge in [0.1, 0.15) is 0 Å². The molecule has 0 saturated heterocycles. The molecular weight excluding hydrogens is 253 g/mol. The van der Waals surface area contributed by atoms with Crippen molar-refractivity contribution in [2.75, 3.05) is 0 Å². The van der Waals surface area contributed by atoms with Gasteiger partial charge in [0.25, 0.3) is 0 Å². The SMILES string of the molecule is O=Cc1ccc(C[OH+]S(=O)(=O)C(F)(F)F)o1. The number of halogens is 3. The number of rotatable bonds is 4. The highest BCUT2D eigenvalue weighted by Gasteiger charge is 2.52. The van der Waals surface area contributed by atoms with Gasteiger partial charge in [-0.05, 0) is 12.1 Å². The molecule has 16 heavy (non-hydrogen) atoms. The standard InChI is InChI=1S/C7H5F3O5S/c8-7(9,10)16(12,13)14-4-6-2-1-5(3-11)15-6/h1-3H,4H2/p+1. The Hall–Kier alpha value is -1.35. The zero-order chi connectivity index (χ0) is 12.4. The molecule has 9 heteroatoms. The fraction of sp³-hybridized carbons (Fsp3) is 0.286. The maximum absolute atomic E-state index is 11.8. The molecule has 0 radical (unpaired) electrons. The van der Waals surface area contributed by atoms with Gasteiger partial charge >= 0.3 is 15.6 Å². The molecule has 1 heterocycles. The highest BCUT2D eigenvalue weighted by molar-refractivity contribution is 7.87. The van der Waals surface area contributed by atoms with Crippen LogP contribution < -0.4 is 0 Å². The number of carbonyl (C=O) groups excluding carboxylic acids is 1. The minimum Gasteiger partial charge on any atom is -0.450 e. The quantitative estimate of drug-likeness (QED) is 0.265. The number of aldehydes is 1. The number of carbonyl (C=O) groups is 1. The summed E-state index contributed by atoms with van der Waals surface area (Å²) in [5, 5.41) is 0. The minimum atomic E-state index is -5.52. The summed E-state index contributed by atoms with van der Waals surface area (Å²) in [5.41, 5.74) is -5.42. The van der Waals surface area contributed by atoms with E-state index in [2.05, 4.69) is 8.60 Å². The Morgan fingerprint density at radius 3 is 2.44 bits per heavy atom. The molecule has 0 aliphatic carbocycles. The summed E-state index contributed by atoms with van der Waals surface area (Å²) in [6.45, 7) is -0.796. The molecular formula is C7H6F3O5S+. The highest BCUT2D eigenvalue weighted by atomic mass is 32.2. The molecule has 1 aromatic heterocycles. The number of furan rings is 1. The van der Waals surface area contributed by atoms with Crippen LogP contribution in [0.4, 0.5) is 13.2 Å². The average Bonchev–Trinajstić information content (AvgIpc) is 2.60. The summed E-state index contributed by atoms with van der Waals surface area (Å²) in [7, 11) is -5.52. The lowest BCUT2D eigenvalue weighted by Crippen LogP contribution is -2.28. The molecule has 5 nitrogen and oxygen atoms in total. The van der Waals surface area contributed by atoms with Crippen molar-refractivity contribution in [2.24, 2.45) is 0 Å². The molecule has 0 spiro atoms. The van der Waals surface area contributed by atoms with Gasteiger partial charge in [0.2, 0.25) is 6.61 Å². The lowest BCUT2D eigenvalue weighted by atomic mass is 10.4. The Bertz CT molecular complexity index is 472. The van der Waals surface area contributed by atoms with Gasteiger partial charge in [-0.15, -0.1) is 8.42 Å². The third kappa shape index (κ3) is 2.83. The Labute approximate surface area is 87.9 Å². The van der Waals surface area contributed by atoms with E-state index in [9.17, 15) is 26.4 Å². The number of hydrogen-bond acceptors (Lipinski definition) is 4.